The van der Waals surface area contributed by atoms with Crippen LogP contribution >= 0.6 is 11.8 Å². The summed E-state index contributed by atoms with van der Waals surface area (Å²) in [6.07, 6.45) is 1.65. The number of benzene rings is 1. The predicted molar refractivity (Wildman–Crippen MR) is 124 cm³/mol. The molecule has 9 heteroatoms. The molecule has 1 unspecified atom stereocenters. The van der Waals surface area contributed by atoms with Gasteiger partial charge in [0.25, 0.3) is 0 Å². The summed E-state index contributed by atoms with van der Waals surface area (Å²) in [6, 6.07) is 11.5. The number of amides is 1. The van der Waals surface area contributed by atoms with Gasteiger partial charge in [0.2, 0.25) is 5.91 Å². The maximum absolute atomic E-state index is 13.1. The van der Waals surface area contributed by atoms with Crippen molar-refractivity contribution >= 4 is 17.7 Å². The topological polar surface area (TPSA) is 76.6 Å². The first kappa shape index (κ1) is 22.4. The van der Waals surface area contributed by atoms with E-state index in [0.717, 1.165) is 55.6 Å². The van der Waals surface area contributed by atoms with E-state index in [1.165, 1.54) is 11.8 Å². The van der Waals surface area contributed by atoms with Crippen LogP contribution < -0.4 is 4.74 Å². The Kier molecular flexibility index (Phi) is 7.16. The van der Waals surface area contributed by atoms with Gasteiger partial charge < -0.3 is 19.0 Å². The predicted octanol–water partition coefficient (Wildman–Crippen LogP) is 3.24. The van der Waals surface area contributed by atoms with E-state index < -0.39 is 0 Å². The number of carbonyl (C=O) groups excluding carboxylic acids is 1. The molecule has 170 valence electrons. The van der Waals surface area contributed by atoms with Crippen molar-refractivity contribution in [3.8, 4) is 17.1 Å². The van der Waals surface area contributed by atoms with Crippen molar-refractivity contribution in [3.63, 3.8) is 0 Å². The Bertz CT molecular complexity index is 1010. The first-order chi connectivity index (χ1) is 15.6. The molecule has 0 N–H and O–H groups in total. The zero-order chi connectivity index (χ0) is 22.5. The summed E-state index contributed by atoms with van der Waals surface area (Å²) < 4.78 is 12.8. The molecule has 32 heavy (non-hydrogen) atoms. The van der Waals surface area contributed by atoms with Gasteiger partial charge in [-0.25, -0.2) is 0 Å². The van der Waals surface area contributed by atoms with Crippen molar-refractivity contribution in [2.75, 3.05) is 39.8 Å². The third-order valence-corrected chi connectivity index (χ3v) is 6.79. The number of methoxy groups -OCH3 is 1. The van der Waals surface area contributed by atoms with Gasteiger partial charge in [-0.1, -0.05) is 18.7 Å². The smallest absolute Gasteiger partial charge is 0.235 e. The Balaban J connectivity index is 1.54. The average molecular weight is 456 g/mol. The number of rotatable bonds is 8. The van der Waals surface area contributed by atoms with Crippen LogP contribution in [0.1, 0.15) is 19.6 Å². The van der Waals surface area contributed by atoms with Crippen molar-refractivity contribution < 1.29 is 13.9 Å². The van der Waals surface area contributed by atoms with Gasteiger partial charge in [0.1, 0.15) is 11.5 Å². The van der Waals surface area contributed by atoms with E-state index in [1.54, 1.807) is 13.4 Å². The molecule has 4 rings (SSSR count). The first-order valence-corrected chi connectivity index (χ1v) is 11.7. The lowest BCUT2D eigenvalue weighted by atomic mass is 10.2. The molecule has 0 radical (unpaired) electrons. The Morgan fingerprint density at radius 3 is 2.53 bits per heavy atom. The maximum Gasteiger partial charge on any atom is 0.235 e. The third kappa shape index (κ3) is 4.99. The minimum Gasteiger partial charge on any atom is -0.497 e. The fraction of sp³-hybridized carbons (Fsp3) is 0.435. The Morgan fingerprint density at radius 1 is 1.16 bits per heavy atom. The molecule has 0 spiro atoms. The van der Waals surface area contributed by atoms with E-state index in [2.05, 4.69) is 22.0 Å². The molecule has 8 nitrogen and oxygen atoms in total. The number of furan rings is 1. The highest BCUT2D eigenvalue weighted by Gasteiger charge is 2.27. The Morgan fingerprint density at radius 2 is 1.91 bits per heavy atom. The second-order valence-corrected chi connectivity index (χ2v) is 9.03. The van der Waals surface area contributed by atoms with E-state index in [4.69, 9.17) is 9.15 Å². The largest absolute Gasteiger partial charge is 0.497 e. The fourth-order valence-corrected chi connectivity index (χ4v) is 4.71. The van der Waals surface area contributed by atoms with Crippen LogP contribution in [0.4, 0.5) is 0 Å². The van der Waals surface area contributed by atoms with Crippen molar-refractivity contribution in [2.45, 2.75) is 30.8 Å². The number of thioether (sulfide) groups is 1. The highest BCUT2D eigenvalue weighted by molar-refractivity contribution is 8.00. The lowest BCUT2D eigenvalue weighted by Crippen LogP contribution is -2.50. The molecule has 1 fully saturated rings. The number of likely N-dealkylation sites (N-methyl/N-ethyl adjacent to an activating group) is 1. The third-order valence-electron chi connectivity index (χ3n) is 5.72. The van der Waals surface area contributed by atoms with Crippen LogP contribution in [-0.4, -0.2) is 75.6 Å². The van der Waals surface area contributed by atoms with Gasteiger partial charge in [0, 0.05) is 31.7 Å². The van der Waals surface area contributed by atoms with E-state index in [9.17, 15) is 4.79 Å². The van der Waals surface area contributed by atoms with Crippen LogP contribution in [-0.2, 0) is 11.3 Å². The molecule has 1 saturated heterocycles. The van der Waals surface area contributed by atoms with Gasteiger partial charge in [-0.15, -0.1) is 10.2 Å². The minimum absolute atomic E-state index is 0.143. The van der Waals surface area contributed by atoms with Crippen LogP contribution in [0, 0.1) is 0 Å². The molecule has 1 aliphatic rings. The lowest BCUT2D eigenvalue weighted by molar-refractivity contribution is -0.132. The number of nitrogens with zero attached hydrogens (tertiary/aromatic N) is 5. The first-order valence-electron chi connectivity index (χ1n) is 10.9. The molecular formula is C23H29N5O3S. The molecule has 3 heterocycles. The molecule has 2 aromatic heterocycles. The molecule has 3 aromatic rings. The van der Waals surface area contributed by atoms with E-state index in [1.807, 2.05) is 52.8 Å². The fourth-order valence-electron chi connectivity index (χ4n) is 3.78. The van der Waals surface area contributed by atoms with E-state index >= 15 is 0 Å². The number of piperazine rings is 1. The molecule has 1 aliphatic heterocycles. The number of hydrogen-bond acceptors (Lipinski definition) is 7. The quantitative estimate of drug-likeness (QED) is 0.483. The summed E-state index contributed by atoms with van der Waals surface area (Å²) in [5.41, 5.74) is 0.923. The van der Waals surface area contributed by atoms with Gasteiger partial charge >= 0.3 is 0 Å². The summed E-state index contributed by atoms with van der Waals surface area (Å²) in [5, 5.41) is 9.32. The molecule has 1 aromatic carbocycles. The lowest BCUT2D eigenvalue weighted by Gasteiger charge is -2.35. The molecule has 1 atom stereocenters. The summed E-state index contributed by atoms with van der Waals surface area (Å²) in [4.78, 5) is 17.4. The summed E-state index contributed by atoms with van der Waals surface area (Å²) >= 11 is 1.44. The molecule has 1 amide bonds. The standard InChI is InChI=1S/C23H29N5O3S/c1-4-26-11-13-27(14-12-26)22(29)17(2)32-23-25-24-21(18-7-9-19(30-3)10-8-18)28(23)16-20-6-5-15-31-20/h5-10,15,17H,4,11-14,16H2,1-3H3. The van der Waals surface area contributed by atoms with Crippen molar-refractivity contribution in [1.82, 2.24) is 24.6 Å². The summed E-state index contributed by atoms with van der Waals surface area (Å²) in [6.45, 7) is 9.00. The second-order valence-electron chi connectivity index (χ2n) is 7.72. The zero-order valence-electron chi connectivity index (χ0n) is 18.7. The zero-order valence-corrected chi connectivity index (χ0v) is 19.5. The highest BCUT2D eigenvalue weighted by atomic mass is 32.2. The molecule has 0 aliphatic carbocycles. The summed E-state index contributed by atoms with van der Waals surface area (Å²) in [7, 11) is 1.64. The van der Waals surface area contributed by atoms with Gasteiger partial charge in [0.15, 0.2) is 11.0 Å². The van der Waals surface area contributed by atoms with Gasteiger partial charge in [-0.05, 0) is 49.9 Å². The van der Waals surface area contributed by atoms with Crippen molar-refractivity contribution in [1.29, 1.82) is 0 Å². The van der Waals surface area contributed by atoms with Crippen molar-refractivity contribution in [3.05, 3.63) is 48.4 Å². The minimum atomic E-state index is -0.258. The SMILES string of the molecule is CCN1CCN(C(=O)C(C)Sc2nnc(-c3ccc(OC)cc3)n2Cc2ccco2)CC1. The molecular weight excluding hydrogens is 426 g/mol. The summed E-state index contributed by atoms with van der Waals surface area (Å²) in [5.74, 6) is 2.45. The number of carbonyl (C=O) groups is 1. The van der Waals surface area contributed by atoms with Crippen LogP contribution in [0.3, 0.4) is 0 Å². The van der Waals surface area contributed by atoms with Gasteiger partial charge in [-0.2, -0.15) is 0 Å². The highest BCUT2D eigenvalue weighted by Crippen LogP contribution is 2.29. The molecule has 0 bridgehead atoms. The van der Waals surface area contributed by atoms with Crippen LogP contribution in [0.15, 0.2) is 52.2 Å². The number of ether oxygens (including phenoxy) is 1. The monoisotopic (exact) mass is 455 g/mol. The number of aromatic nitrogens is 3. The van der Waals surface area contributed by atoms with E-state index in [0.29, 0.717) is 11.7 Å². The Hall–Kier alpha value is -2.78. The van der Waals surface area contributed by atoms with Crippen molar-refractivity contribution in [2.24, 2.45) is 0 Å². The van der Waals surface area contributed by atoms with Gasteiger partial charge in [0.05, 0.1) is 25.2 Å². The van der Waals surface area contributed by atoms with Crippen LogP contribution in [0.2, 0.25) is 0 Å². The second kappa shape index (κ2) is 10.2. The van der Waals surface area contributed by atoms with Crippen LogP contribution in [0.25, 0.3) is 11.4 Å². The normalized spacial score (nSPS) is 15.7. The maximum atomic E-state index is 13.1. The average Bonchev–Trinajstić information content (AvgIpc) is 3.49. The van der Waals surface area contributed by atoms with Gasteiger partial charge in [-0.3, -0.25) is 9.36 Å². The molecule has 0 saturated carbocycles. The Labute approximate surface area is 192 Å². The van der Waals surface area contributed by atoms with Crippen LogP contribution in [0.5, 0.6) is 5.75 Å². The van der Waals surface area contributed by atoms with E-state index in [-0.39, 0.29) is 11.2 Å². The number of hydrogen-bond donors (Lipinski definition) is 0.